The van der Waals surface area contributed by atoms with Crippen LogP contribution in [-0.2, 0) is 11.3 Å². The molecule has 0 spiro atoms. The van der Waals surface area contributed by atoms with Crippen molar-refractivity contribution in [1.29, 1.82) is 0 Å². The van der Waals surface area contributed by atoms with E-state index < -0.39 is 0 Å². The van der Waals surface area contributed by atoms with Gasteiger partial charge in [-0.15, -0.1) is 0 Å². The lowest BCUT2D eigenvalue weighted by Gasteiger charge is -2.04. The third kappa shape index (κ3) is 5.37. The summed E-state index contributed by atoms with van der Waals surface area (Å²) in [6, 6.07) is 10.2. The molecular formula is C11H16BrNO. The van der Waals surface area contributed by atoms with Crippen molar-refractivity contribution in [3.05, 3.63) is 35.9 Å². The molecule has 14 heavy (non-hydrogen) atoms. The maximum absolute atomic E-state index is 5.49. The smallest absolute Gasteiger partial charge is 0.0717 e. The van der Waals surface area contributed by atoms with Gasteiger partial charge in [-0.1, -0.05) is 46.3 Å². The highest BCUT2D eigenvalue weighted by Crippen LogP contribution is 1.99. The molecule has 0 unspecified atom stereocenters. The molecule has 1 N–H and O–H groups in total. The Bertz CT molecular complexity index is 228. The van der Waals surface area contributed by atoms with E-state index >= 15 is 0 Å². The van der Waals surface area contributed by atoms with Gasteiger partial charge in [0.15, 0.2) is 0 Å². The summed E-state index contributed by atoms with van der Waals surface area (Å²) in [5.41, 5.74) is 1.23. The predicted molar refractivity (Wildman–Crippen MR) is 62.8 cm³/mol. The van der Waals surface area contributed by atoms with Crippen LogP contribution in [0.5, 0.6) is 0 Å². The fourth-order valence-electron chi connectivity index (χ4n) is 1.10. The van der Waals surface area contributed by atoms with Crippen LogP contribution >= 0.6 is 15.9 Å². The fraction of sp³-hybridized carbons (Fsp3) is 0.455. The minimum absolute atomic E-state index is 0.705. The molecule has 0 atom stereocenters. The van der Waals surface area contributed by atoms with Gasteiger partial charge in [-0.2, -0.15) is 0 Å². The van der Waals surface area contributed by atoms with Crippen LogP contribution in [0.15, 0.2) is 30.3 Å². The lowest BCUT2D eigenvalue weighted by Crippen LogP contribution is -2.21. The van der Waals surface area contributed by atoms with E-state index in [1.165, 1.54) is 5.56 Å². The molecule has 78 valence electrons. The van der Waals surface area contributed by atoms with Gasteiger partial charge in [0.05, 0.1) is 13.2 Å². The third-order valence-corrected chi connectivity index (χ3v) is 2.20. The molecule has 1 rings (SSSR count). The normalized spacial score (nSPS) is 10.4. The Balaban J connectivity index is 1.99. The molecule has 0 heterocycles. The Kier molecular flexibility index (Phi) is 6.66. The zero-order valence-corrected chi connectivity index (χ0v) is 9.79. The molecule has 0 saturated heterocycles. The number of hydrogen-bond acceptors (Lipinski definition) is 2. The Morgan fingerprint density at radius 3 is 2.64 bits per heavy atom. The Hall–Kier alpha value is -0.380. The summed E-state index contributed by atoms with van der Waals surface area (Å²) in [7, 11) is 0. The van der Waals surface area contributed by atoms with E-state index in [1.807, 2.05) is 18.2 Å². The van der Waals surface area contributed by atoms with Gasteiger partial charge in [-0.05, 0) is 5.56 Å². The second kappa shape index (κ2) is 7.97. The number of rotatable bonds is 7. The van der Waals surface area contributed by atoms with Crippen molar-refractivity contribution in [3.63, 3.8) is 0 Å². The van der Waals surface area contributed by atoms with E-state index in [-0.39, 0.29) is 0 Å². The molecule has 0 radical (unpaired) electrons. The zero-order chi connectivity index (χ0) is 10.1. The summed E-state index contributed by atoms with van der Waals surface area (Å²) in [6.45, 7) is 3.38. The van der Waals surface area contributed by atoms with Gasteiger partial charge in [0.2, 0.25) is 0 Å². The van der Waals surface area contributed by atoms with E-state index in [0.717, 1.165) is 25.0 Å². The highest BCUT2D eigenvalue weighted by Gasteiger charge is 1.91. The first-order valence-corrected chi connectivity index (χ1v) is 5.94. The first kappa shape index (κ1) is 11.7. The van der Waals surface area contributed by atoms with E-state index in [0.29, 0.717) is 6.61 Å². The van der Waals surface area contributed by atoms with Gasteiger partial charge in [0.1, 0.15) is 0 Å². The molecule has 0 aliphatic carbocycles. The van der Waals surface area contributed by atoms with Crippen LogP contribution in [0, 0.1) is 0 Å². The number of alkyl halides is 1. The summed E-state index contributed by atoms with van der Waals surface area (Å²) in [4.78, 5) is 0. The largest absolute Gasteiger partial charge is 0.375 e. The van der Waals surface area contributed by atoms with Crippen molar-refractivity contribution in [2.75, 3.05) is 25.0 Å². The van der Waals surface area contributed by atoms with Gasteiger partial charge in [0, 0.05) is 18.4 Å². The van der Waals surface area contributed by atoms with Crippen LogP contribution in [-0.4, -0.2) is 25.0 Å². The van der Waals surface area contributed by atoms with Crippen LogP contribution in [0.2, 0.25) is 0 Å². The summed E-state index contributed by atoms with van der Waals surface area (Å²) in [6.07, 6.45) is 0. The van der Waals surface area contributed by atoms with Gasteiger partial charge in [0.25, 0.3) is 0 Å². The second-order valence-corrected chi connectivity index (χ2v) is 3.77. The Morgan fingerprint density at radius 1 is 1.14 bits per heavy atom. The van der Waals surface area contributed by atoms with Gasteiger partial charge >= 0.3 is 0 Å². The number of hydrogen-bond donors (Lipinski definition) is 1. The van der Waals surface area contributed by atoms with E-state index in [2.05, 4.69) is 33.4 Å². The SMILES string of the molecule is BrCCNCCOCc1ccccc1. The lowest BCUT2D eigenvalue weighted by molar-refractivity contribution is 0.123. The predicted octanol–water partition coefficient (Wildman–Crippen LogP) is 2.19. The average Bonchev–Trinajstić information content (AvgIpc) is 2.25. The second-order valence-electron chi connectivity index (χ2n) is 2.98. The monoisotopic (exact) mass is 257 g/mol. The minimum Gasteiger partial charge on any atom is -0.375 e. The molecule has 0 fully saturated rings. The van der Waals surface area contributed by atoms with Gasteiger partial charge < -0.3 is 10.1 Å². The molecule has 0 aliphatic rings. The standard InChI is InChI=1S/C11H16BrNO/c12-6-7-13-8-9-14-10-11-4-2-1-3-5-11/h1-5,13H,6-10H2. The summed E-state index contributed by atoms with van der Waals surface area (Å²) >= 11 is 3.35. The average molecular weight is 258 g/mol. The van der Waals surface area contributed by atoms with Crippen molar-refractivity contribution >= 4 is 15.9 Å². The first-order chi connectivity index (χ1) is 6.93. The van der Waals surface area contributed by atoms with E-state index in [4.69, 9.17) is 4.74 Å². The lowest BCUT2D eigenvalue weighted by atomic mass is 10.2. The number of ether oxygens (including phenoxy) is 1. The van der Waals surface area contributed by atoms with Crippen molar-refractivity contribution < 1.29 is 4.74 Å². The quantitative estimate of drug-likeness (QED) is 0.598. The number of benzene rings is 1. The number of nitrogens with one attached hydrogen (secondary N) is 1. The molecule has 2 nitrogen and oxygen atoms in total. The third-order valence-electron chi connectivity index (χ3n) is 1.81. The maximum Gasteiger partial charge on any atom is 0.0717 e. The van der Waals surface area contributed by atoms with E-state index in [1.54, 1.807) is 0 Å². The summed E-state index contributed by atoms with van der Waals surface area (Å²) in [5.74, 6) is 0. The molecule has 0 aromatic heterocycles. The fourth-order valence-corrected chi connectivity index (χ4v) is 1.38. The van der Waals surface area contributed by atoms with Crippen LogP contribution < -0.4 is 5.32 Å². The Morgan fingerprint density at radius 2 is 1.93 bits per heavy atom. The molecule has 0 bridgehead atoms. The van der Waals surface area contributed by atoms with E-state index in [9.17, 15) is 0 Å². The molecule has 1 aromatic rings. The van der Waals surface area contributed by atoms with Crippen LogP contribution in [0.3, 0.4) is 0 Å². The van der Waals surface area contributed by atoms with Crippen LogP contribution in [0.4, 0.5) is 0 Å². The van der Waals surface area contributed by atoms with Gasteiger partial charge in [-0.3, -0.25) is 0 Å². The molecular weight excluding hydrogens is 242 g/mol. The maximum atomic E-state index is 5.49. The summed E-state index contributed by atoms with van der Waals surface area (Å²) in [5, 5.41) is 4.24. The first-order valence-electron chi connectivity index (χ1n) is 4.82. The highest BCUT2D eigenvalue weighted by molar-refractivity contribution is 9.09. The molecule has 0 saturated carbocycles. The number of halogens is 1. The van der Waals surface area contributed by atoms with Crippen LogP contribution in [0.25, 0.3) is 0 Å². The topological polar surface area (TPSA) is 21.3 Å². The minimum atomic E-state index is 0.705. The summed E-state index contributed by atoms with van der Waals surface area (Å²) < 4.78 is 5.49. The zero-order valence-electron chi connectivity index (χ0n) is 8.21. The van der Waals surface area contributed by atoms with Crippen molar-refractivity contribution in [2.24, 2.45) is 0 Å². The van der Waals surface area contributed by atoms with Gasteiger partial charge in [-0.25, -0.2) is 0 Å². The van der Waals surface area contributed by atoms with Crippen molar-refractivity contribution in [2.45, 2.75) is 6.61 Å². The highest BCUT2D eigenvalue weighted by atomic mass is 79.9. The van der Waals surface area contributed by atoms with Crippen molar-refractivity contribution in [1.82, 2.24) is 5.32 Å². The molecule has 1 aromatic carbocycles. The van der Waals surface area contributed by atoms with Crippen LogP contribution in [0.1, 0.15) is 5.56 Å². The molecule has 0 amide bonds. The molecule has 0 aliphatic heterocycles. The molecule has 3 heteroatoms. The van der Waals surface area contributed by atoms with Crippen molar-refractivity contribution in [3.8, 4) is 0 Å². The Labute approximate surface area is 93.8 Å².